The van der Waals surface area contributed by atoms with Crippen molar-refractivity contribution in [2.75, 3.05) is 19.5 Å². The first kappa shape index (κ1) is 22.8. The molecule has 0 spiro atoms. The van der Waals surface area contributed by atoms with Crippen LogP contribution in [0.4, 0.5) is 0 Å². The zero-order valence-electron chi connectivity index (χ0n) is 14.7. The fourth-order valence-electron chi connectivity index (χ4n) is 2.36. The molecular weight excluding hydrogens is 428 g/mol. The van der Waals surface area contributed by atoms with Gasteiger partial charge in [-0.15, -0.1) is 49.7 Å². The van der Waals surface area contributed by atoms with Gasteiger partial charge in [-0.3, -0.25) is 0 Å². The number of hydrogen-bond donors (Lipinski definition) is 0. The van der Waals surface area contributed by atoms with Gasteiger partial charge in [-0.2, -0.15) is 41.1 Å². The van der Waals surface area contributed by atoms with E-state index in [9.17, 15) is 0 Å². The van der Waals surface area contributed by atoms with E-state index in [1.165, 1.54) is 28.4 Å². The molecular formula is C20H23Cl3PV-2. The average molecular weight is 452 g/mol. The molecule has 0 bridgehead atoms. The van der Waals surface area contributed by atoms with E-state index >= 15 is 0 Å². The SMILES string of the molecule is C[C-](CP(C)C)c1ccccc1.[Cl][V]([Cl])[Cl].c1ccc2[cH-]ccc2c1. The average Bonchev–Trinajstić information content (AvgIpc) is 3.04. The molecule has 0 aliphatic carbocycles. The normalized spacial score (nSPS) is 10.1. The van der Waals surface area contributed by atoms with Crippen LogP contribution in [0.3, 0.4) is 0 Å². The van der Waals surface area contributed by atoms with Crippen molar-refractivity contribution in [3.63, 3.8) is 0 Å². The minimum Gasteiger partial charge on any atom is -0.168 e. The van der Waals surface area contributed by atoms with E-state index in [1.54, 1.807) is 0 Å². The first-order valence-corrected chi connectivity index (χ1v) is 16.0. The van der Waals surface area contributed by atoms with E-state index < -0.39 is 12.3 Å². The number of rotatable bonds is 3. The van der Waals surface area contributed by atoms with E-state index in [-0.39, 0.29) is 7.92 Å². The molecule has 0 heterocycles. The van der Waals surface area contributed by atoms with Crippen molar-refractivity contribution < 1.29 is 12.3 Å². The maximum absolute atomic E-state index is 4.95. The molecule has 0 saturated carbocycles. The van der Waals surface area contributed by atoms with Crippen molar-refractivity contribution in [3.8, 4) is 0 Å². The van der Waals surface area contributed by atoms with Crippen LogP contribution in [0, 0.1) is 5.92 Å². The Bertz CT molecular complexity index is 665. The van der Waals surface area contributed by atoms with Gasteiger partial charge in [0.25, 0.3) is 0 Å². The van der Waals surface area contributed by atoms with Crippen LogP contribution in [0.25, 0.3) is 10.8 Å². The summed E-state index contributed by atoms with van der Waals surface area (Å²) in [5.74, 6) is 1.52. The van der Waals surface area contributed by atoms with Gasteiger partial charge in [-0.1, -0.05) is 25.2 Å². The topological polar surface area (TPSA) is 0 Å². The molecule has 0 aromatic heterocycles. The molecule has 0 radical (unpaired) electrons. The number of benzene rings is 2. The second-order valence-corrected chi connectivity index (χ2v) is 15.1. The van der Waals surface area contributed by atoms with Gasteiger partial charge in [0, 0.05) is 0 Å². The summed E-state index contributed by atoms with van der Waals surface area (Å²) >= 11 is -1.77. The summed E-state index contributed by atoms with van der Waals surface area (Å²) in [5.41, 5.74) is 1.40. The van der Waals surface area contributed by atoms with Gasteiger partial charge in [0.15, 0.2) is 0 Å². The summed E-state index contributed by atoms with van der Waals surface area (Å²) in [7, 11) is 15.1. The maximum atomic E-state index is 4.95. The zero-order valence-corrected chi connectivity index (χ0v) is 19.2. The summed E-state index contributed by atoms with van der Waals surface area (Å²) in [6.45, 7) is 6.88. The van der Waals surface area contributed by atoms with Gasteiger partial charge in [0.2, 0.25) is 0 Å². The van der Waals surface area contributed by atoms with Crippen LogP contribution in [0.1, 0.15) is 12.5 Å². The first-order valence-electron chi connectivity index (χ1n) is 7.80. The van der Waals surface area contributed by atoms with Crippen molar-refractivity contribution in [1.82, 2.24) is 0 Å². The van der Waals surface area contributed by atoms with Crippen molar-refractivity contribution >= 4 is 48.2 Å². The van der Waals surface area contributed by atoms with Crippen LogP contribution in [0.15, 0.2) is 72.8 Å². The summed E-state index contributed by atoms with van der Waals surface area (Å²) in [5, 5.41) is 2.66. The molecule has 3 aromatic carbocycles. The molecule has 0 amide bonds. The quantitative estimate of drug-likeness (QED) is 0.279. The van der Waals surface area contributed by atoms with Crippen LogP contribution in [0.2, 0.25) is 0 Å². The van der Waals surface area contributed by atoms with Gasteiger partial charge in [-0.05, 0) is 13.3 Å². The molecule has 0 atom stereocenters. The Morgan fingerprint density at radius 1 is 0.920 bits per heavy atom. The predicted molar refractivity (Wildman–Crippen MR) is 115 cm³/mol. The second kappa shape index (κ2) is 13.0. The van der Waals surface area contributed by atoms with Crippen LogP contribution in [-0.2, 0) is 12.3 Å². The van der Waals surface area contributed by atoms with Crippen molar-refractivity contribution in [2.24, 2.45) is 0 Å². The van der Waals surface area contributed by atoms with Gasteiger partial charge < -0.3 is 0 Å². The summed E-state index contributed by atoms with van der Waals surface area (Å²) in [6, 6.07) is 25.3. The zero-order chi connectivity index (χ0) is 18.7. The summed E-state index contributed by atoms with van der Waals surface area (Å²) in [6.07, 6.45) is 1.26. The smallest absolute Gasteiger partial charge is 0.0809 e. The maximum Gasteiger partial charge on any atom is -0.0809 e. The van der Waals surface area contributed by atoms with Crippen LogP contribution in [0.5, 0.6) is 0 Å². The molecule has 5 heteroatoms. The van der Waals surface area contributed by atoms with Crippen LogP contribution >= 0.6 is 37.5 Å². The molecule has 136 valence electrons. The minimum absolute atomic E-state index is 0.199. The fraction of sp³-hybridized carbons (Fsp3) is 0.200. The monoisotopic (exact) mass is 450 g/mol. The van der Waals surface area contributed by atoms with Gasteiger partial charge in [0.05, 0.1) is 0 Å². The number of halogens is 3. The molecule has 25 heavy (non-hydrogen) atoms. The Morgan fingerprint density at radius 2 is 1.48 bits per heavy atom. The van der Waals surface area contributed by atoms with Crippen LogP contribution in [-0.4, -0.2) is 19.5 Å². The molecule has 3 rings (SSSR count). The van der Waals surface area contributed by atoms with E-state index in [0.717, 1.165) is 0 Å². The number of fused-ring (bicyclic) bond motifs is 1. The van der Waals surface area contributed by atoms with Crippen molar-refractivity contribution in [1.29, 1.82) is 0 Å². The predicted octanol–water partition coefficient (Wildman–Crippen LogP) is 8.00. The molecule has 0 N–H and O–H groups in total. The van der Waals surface area contributed by atoms with E-state index in [1.807, 2.05) is 0 Å². The van der Waals surface area contributed by atoms with E-state index in [4.69, 9.17) is 29.5 Å². The number of hydrogen-bond acceptors (Lipinski definition) is 0. The molecule has 0 unspecified atom stereocenters. The van der Waals surface area contributed by atoms with Gasteiger partial charge in [-0.25, -0.2) is 0 Å². The minimum atomic E-state index is -1.77. The summed E-state index contributed by atoms with van der Waals surface area (Å²) < 4.78 is 0. The van der Waals surface area contributed by atoms with Gasteiger partial charge in [0.1, 0.15) is 0 Å². The van der Waals surface area contributed by atoms with Crippen LogP contribution < -0.4 is 0 Å². The Labute approximate surface area is 170 Å². The Kier molecular flexibility index (Phi) is 11.9. The van der Waals surface area contributed by atoms with Crippen molar-refractivity contribution in [3.05, 3.63) is 84.3 Å². The Morgan fingerprint density at radius 3 is 2.04 bits per heavy atom. The third-order valence-corrected chi connectivity index (χ3v) is 4.47. The first-order chi connectivity index (χ1) is 11.9. The standard InChI is InChI=1S/C11H16P.C9H7.3ClH.V/c1-10(9-12(2)3)11-7-5-4-6-8-11;1-2-5-9-7-3-6-8(9)4-1;;;;/h4-8H,9H2,1-3H3;1-7H;3*1H;/q2*-1;;;;+3/p-3. The Balaban J connectivity index is 0.000000211. The molecule has 0 fully saturated rings. The molecule has 0 nitrogen and oxygen atoms in total. The third-order valence-electron chi connectivity index (χ3n) is 3.37. The summed E-state index contributed by atoms with van der Waals surface area (Å²) in [4.78, 5) is 0. The van der Waals surface area contributed by atoms with E-state index in [0.29, 0.717) is 0 Å². The van der Waals surface area contributed by atoms with Crippen molar-refractivity contribution in [2.45, 2.75) is 6.92 Å². The van der Waals surface area contributed by atoms with Gasteiger partial charge >= 0.3 is 41.8 Å². The Hall–Kier alpha value is -0.196. The largest absolute Gasteiger partial charge is 0.168 e. The molecule has 0 aliphatic heterocycles. The third kappa shape index (κ3) is 10.5. The molecule has 0 aliphatic rings. The second-order valence-electron chi connectivity index (χ2n) is 5.73. The fourth-order valence-corrected chi connectivity index (χ4v) is 3.49. The molecule has 0 saturated heterocycles. The van der Waals surface area contributed by atoms with E-state index in [2.05, 4.69) is 93.0 Å². The molecule has 3 aromatic rings.